The van der Waals surface area contributed by atoms with Crippen LogP contribution in [0.5, 0.6) is 0 Å². The number of thiophene rings is 1. The van der Waals surface area contributed by atoms with Gasteiger partial charge in [-0.2, -0.15) is 13.2 Å². The lowest BCUT2D eigenvalue weighted by Gasteiger charge is -2.27. The zero-order valence-electron chi connectivity index (χ0n) is 13.1. The zero-order valence-corrected chi connectivity index (χ0v) is 14.7. The van der Waals surface area contributed by atoms with E-state index in [0.717, 1.165) is 16.2 Å². The van der Waals surface area contributed by atoms with Gasteiger partial charge in [-0.05, 0) is 25.5 Å². The van der Waals surface area contributed by atoms with Gasteiger partial charge in [-0.1, -0.05) is 6.92 Å². The molecule has 0 saturated carbocycles. The van der Waals surface area contributed by atoms with Gasteiger partial charge in [0, 0.05) is 20.8 Å². The second kappa shape index (κ2) is 7.20. The summed E-state index contributed by atoms with van der Waals surface area (Å²) >= 11 is 2.18. The maximum Gasteiger partial charge on any atom is 0.424 e. The fourth-order valence-corrected chi connectivity index (χ4v) is 3.84. The normalized spacial score (nSPS) is 14.4. The number of aryl methyl sites for hydroxylation is 2. The van der Waals surface area contributed by atoms with Crippen LogP contribution in [0.25, 0.3) is 0 Å². The lowest BCUT2D eigenvalue weighted by atomic mass is 9.99. The molecule has 0 aliphatic heterocycles. The van der Waals surface area contributed by atoms with Crippen LogP contribution in [0.4, 0.5) is 13.2 Å². The Morgan fingerprint density at radius 2 is 2.00 bits per heavy atom. The Kier molecular flexibility index (Phi) is 5.67. The monoisotopic (exact) mass is 378 g/mol. The van der Waals surface area contributed by atoms with E-state index in [2.05, 4.69) is 10.3 Å². The van der Waals surface area contributed by atoms with Crippen molar-refractivity contribution in [2.24, 2.45) is 0 Å². The van der Waals surface area contributed by atoms with E-state index in [4.69, 9.17) is 0 Å². The molecule has 0 saturated heterocycles. The molecule has 2 heterocycles. The smallest absolute Gasteiger partial charge is 0.374 e. The first kappa shape index (κ1) is 18.9. The third kappa shape index (κ3) is 4.14. The second-order valence-electron chi connectivity index (χ2n) is 5.33. The molecular weight excluding hydrogens is 361 g/mol. The third-order valence-electron chi connectivity index (χ3n) is 3.38. The van der Waals surface area contributed by atoms with Crippen molar-refractivity contribution < 1.29 is 23.1 Å². The van der Waals surface area contributed by atoms with Gasteiger partial charge in [-0.3, -0.25) is 4.79 Å². The van der Waals surface area contributed by atoms with Gasteiger partial charge >= 0.3 is 6.18 Å². The average molecular weight is 378 g/mol. The van der Waals surface area contributed by atoms with E-state index in [9.17, 15) is 23.1 Å². The van der Waals surface area contributed by atoms with Crippen LogP contribution in [0, 0.1) is 6.92 Å². The van der Waals surface area contributed by atoms with Gasteiger partial charge < -0.3 is 10.4 Å². The number of aliphatic hydroxyl groups is 1. The highest BCUT2D eigenvalue weighted by atomic mass is 32.1. The number of halogens is 3. The van der Waals surface area contributed by atoms with E-state index in [1.807, 2.05) is 19.1 Å². The highest BCUT2D eigenvalue weighted by Crippen LogP contribution is 2.42. The van der Waals surface area contributed by atoms with Gasteiger partial charge in [0.1, 0.15) is 5.01 Å². The van der Waals surface area contributed by atoms with Crippen molar-refractivity contribution in [3.63, 3.8) is 0 Å². The Hall–Kier alpha value is -1.45. The van der Waals surface area contributed by atoms with E-state index >= 15 is 0 Å². The van der Waals surface area contributed by atoms with Crippen LogP contribution in [0.1, 0.15) is 33.8 Å². The van der Waals surface area contributed by atoms with Crippen molar-refractivity contribution >= 4 is 28.6 Å². The Balaban J connectivity index is 2.07. The maximum atomic E-state index is 13.3. The zero-order chi connectivity index (χ0) is 18.0. The number of nitrogens with one attached hydrogen (secondary N) is 1. The summed E-state index contributed by atoms with van der Waals surface area (Å²) in [6, 6.07) is 3.74. The number of nitrogens with zero attached hydrogens (tertiary/aromatic N) is 1. The minimum atomic E-state index is -4.99. The number of carbonyl (C=O) groups excluding carboxylic acids is 1. The summed E-state index contributed by atoms with van der Waals surface area (Å²) in [7, 11) is 0. The van der Waals surface area contributed by atoms with Crippen molar-refractivity contribution in [3.05, 3.63) is 38.0 Å². The van der Waals surface area contributed by atoms with Gasteiger partial charge in [0.2, 0.25) is 11.5 Å². The minimum absolute atomic E-state index is 0.133. The molecule has 2 aromatic rings. The molecule has 0 aromatic carbocycles. The molecule has 2 rings (SSSR count). The average Bonchev–Trinajstić information content (AvgIpc) is 3.12. The standard InChI is InChI=1S/C15H17F3N2O2S2/c1-3-10-4-5-11(24-10)7-19-12(21)6-14(22,15(16,17)18)13-20-9(2)8-23-13/h4-5,8,22H,3,6-7H2,1-2H3,(H,19,21)/t14-/m1/s1. The third-order valence-corrected chi connectivity index (χ3v) is 5.72. The molecule has 0 aliphatic carbocycles. The fraction of sp³-hybridized carbons (Fsp3) is 0.467. The fourth-order valence-electron chi connectivity index (χ4n) is 2.03. The van der Waals surface area contributed by atoms with Gasteiger partial charge in [-0.15, -0.1) is 22.7 Å². The van der Waals surface area contributed by atoms with Gasteiger partial charge in [0.15, 0.2) is 0 Å². The van der Waals surface area contributed by atoms with Gasteiger partial charge in [-0.25, -0.2) is 4.98 Å². The Morgan fingerprint density at radius 1 is 1.33 bits per heavy atom. The molecule has 9 heteroatoms. The SMILES string of the molecule is CCc1ccc(CNC(=O)C[C@@](O)(c2nc(C)cs2)C(F)(F)F)s1. The molecule has 4 nitrogen and oxygen atoms in total. The lowest BCUT2D eigenvalue weighted by Crippen LogP contribution is -2.46. The number of aromatic nitrogens is 1. The number of hydrogen-bond acceptors (Lipinski definition) is 5. The number of amides is 1. The van der Waals surface area contributed by atoms with Crippen LogP contribution < -0.4 is 5.32 Å². The minimum Gasteiger partial charge on any atom is -0.374 e. The predicted molar refractivity (Wildman–Crippen MR) is 87.0 cm³/mol. The van der Waals surface area contributed by atoms with Crippen molar-refractivity contribution in [2.75, 3.05) is 0 Å². The van der Waals surface area contributed by atoms with Crippen LogP contribution in [-0.2, 0) is 23.4 Å². The number of alkyl halides is 3. The number of carbonyl (C=O) groups is 1. The summed E-state index contributed by atoms with van der Waals surface area (Å²) in [5.41, 5.74) is -2.91. The summed E-state index contributed by atoms with van der Waals surface area (Å²) in [5.74, 6) is -0.880. The molecule has 0 bridgehead atoms. The number of rotatable bonds is 6. The van der Waals surface area contributed by atoms with Crippen LogP contribution >= 0.6 is 22.7 Å². The summed E-state index contributed by atoms with van der Waals surface area (Å²) in [5, 5.41) is 13.4. The summed E-state index contributed by atoms with van der Waals surface area (Å²) in [4.78, 5) is 17.6. The largest absolute Gasteiger partial charge is 0.424 e. The predicted octanol–water partition coefficient (Wildman–Crippen LogP) is 3.53. The molecule has 0 aliphatic rings. The second-order valence-corrected chi connectivity index (χ2v) is 7.44. The quantitative estimate of drug-likeness (QED) is 0.808. The maximum absolute atomic E-state index is 13.3. The van der Waals surface area contributed by atoms with Crippen LogP contribution in [-0.4, -0.2) is 22.2 Å². The molecular formula is C15H17F3N2O2S2. The van der Waals surface area contributed by atoms with Crippen LogP contribution in [0.2, 0.25) is 0 Å². The van der Waals surface area contributed by atoms with E-state index in [1.165, 1.54) is 23.6 Å². The van der Waals surface area contributed by atoms with Gasteiger partial charge in [0.25, 0.3) is 0 Å². The highest BCUT2D eigenvalue weighted by Gasteiger charge is 2.58. The summed E-state index contributed by atoms with van der Waals surface area (Å²) < 4.78 is 39.9. The molecule has 0 spiro atoms. The Morgan fingerprint density at radius 3 is 2.50 bits per heavy atom. The Labute approximate surface area is 145 Å². The molecule has 0 fully saturated rings. The molecule has 2 aromatic heterocycles. The highest BCUT2D eigenvalue weighted by molar-refractivity contribution is 7.12. The van der Waals surface area contributed by atoms with Crippen molar-refractivity contribution in [2.45, 2.75) is 45.0 Å². The van der Waals surface area contributed by atoms with Crippen molar-refractivity contribution in [3.8, 4) is 0 Å². The lowest BCUT2D eigenvalue weighted by molar-refractivity contribution is -0.267. The molecule has 132 valence electrons. The van der Waals surface area contributed by atoms with E-state index < -0.39 is 29.1 Å². The molecule has 24 heavy (non-hydrogen) atoms. The molecule has 2 N–H and O–H groups in total. The van der Waals surface area contributed by atoms with Crippen molar-refractivity contribution in [1.29, 1.82) is 0 Å². The molecule has 1 amide bonds. The van der Waals surface area contributed by atoms with Crippen LogP contribution in [0.3, 0.4) is 0 Å². The van der Waals surface area contributed by atoms with Crippen LogP contribution in [0.15, 0.2) is 17.5 Å². The number of hydrogen-bond donors (Lipinski definition) is 2. The van der Waals surface area contributed by atoms with Gasteiger partial charge in [0.05, 0.1) is 13.0 Å². The molecule has 0 radical (unpaired) electrons. The number of thiazole rings is 1. The van der Waals surface area contributed by atoms with E-state index in [0.29, 0.717) is 17.0 Å². The van der Waals surface area contributed by atoms with E-state index in [1.54, 1.807) is 0 Å². The Bertz CT molecular complexity index is 712. The summed E-state index contributed by atoms with van der Waals surface area (Å²) in [6.45, 7) is 3.65. The van der Waals surface area contributed by atoms with Crippen molar-refractivity contribution in [1.82, 2.24) is 10.3 Å². The topological polar surface area (TPSA) is 62.2 Å². The molecule has 0 unspecified atom stereocenters. The first-order valence-corrected chi connectivity index (χ1v) is 8.91. The first-order chi connectivity index (χ1) is 11.2. The van der Waals surface area contributed by atoms with E-state index in [-0.39, 0.29) is 6.54 Å². The summed E-state index contributed by atoms with van der Waals surface area (Å²) in [6.07, 6.45) is -5.25. The molecule has 1 atom stereocenters. The first-order valence-electron chi connectivity index (χ1n) is 7.21.